The van der Waals surface area contributed by atoms with Gasteiger partial charge in [-0.2, -0.15) is 0 Å². The highest BCUT2D eigenvalue weighted by Crippen LogP contribution is 2.17. The monoisotopic (exact) mass is 345 g/mol. The van der Waals surface area contributed by atoms with Crippen LogP contribution in [-0.2, 0) is 0 Å². The molecule has 0 amide bonds. The molecular formula is C19H22ClN2O2+. The Morgan fingerprint density at radius 2 is 1.71 bits per heavy atom. The highest BCUT2D eigenvalue weighted by atomic mass is 35.5. The number of quaternary nitrogens is 1. The molecule has 0 bridgehead atoms. The second kappa shape index (κ2) is 7.69. The number of hydrogen-bond acceptors (Lipinski definition) is 3. The van der Waals surface area contributed by atoms with Crippen molar-refractivity contribution in [1.29, 1.82) is 0 Å². The van der Waals surface area contributed by atoms with Gasteiger partial charge >= 0.3 is 0 Å². The maximum atomic E-state index is 12.4. The third-order valence-corrected chi connectivity index (χ3v) is 4.74. The first-order valence-corrected chi connectivity index (χ1v) is 8.55. The van der Waals surface area contributed by atoms with Crippen molar-refractivity contribution >= 4 is 23.1 Å². The molecule has 0 radical (unpaired) electrons. The fraction of sp³-hybridized carbons (Fsp3) is 0.316. The lowest BCUT2D eigenvalue weighted by Gasteiger charge is -2.33. The summed E-state index contributed by atoms with van der Waals surface area (Å²) in [4.78, 5) is 16.1. The molecule has 24 heavy (non-hydrogen) atoms. The summed E-state index contributed by atoms with van der Waals surface area (Å²) < 4.78 is 5.13. The van der Waals surface area contributed by atoms with Crippen LogP contribution in [0.25, 0.3) is 0 Å². The van der Waals surface area contributed by atoms with Crippen LogP contribution in [-0.4, -0.2) is 45.6 Å². The standard InChI is InChI=1S/C19H21ClN2O2/c1-24-18-8-2-15(3-9-18)19(23)14-21-10-12-22(13-11-21)17-6-4-16(20)5-7-17/h2-9H,10-14H2,1H3/p+1. The highest BCUT2D eigenvalue weighted by molar-refractivity contribution is 6.30. The summed E-state index contributed by atoms with van der Waals surface area (Å²) in [7, 11) is 1.63. The summed E-state index contributed by atoms with van der Waals surface area (Å²) in [5.74, 6) is 0.961. The van der Waals surface area contributed by atoms with E-state index in [2.05, 4.69) is 17.0 Å². The van der Waals surface area contributed by atoms with Gasteiger partial charge in [-0.25, -0.2) is 0 Å². The number of methoxy groups -OCH3 is 1. The predicted molar refractivity (Wildman–Crippen MR) is 96.6 cm³/mol. The first kappa shape index (κ1) is 16.8. The van der Waals surface area contributed by atoms with Gasteiger partial charge in [0.05, 0.1) is 33.3 Å². The molecule has 1 N–H and O–H groups in total. The fourth-order valence-electron chi connectivity index (χ4n) is 3.02. The first-order valence-electron chi connectivity index (χ1n) is 8.17. The molecule has 126 valence electrons. The van der Waals surface area contributed by atoms with Crippen LogP contribution >= 0.6 is 11.6 Å². The van der Waals surface area contributed by atoms with Gasteiger partial charge in [0.25, 0.3) is 0 Å². The maximum Gasteiger partial charge on any atom is 0.216 e. The molecule has 1 aliphatic heterocycles. The van der Waals surface area contributed by atoms with Gasteiger partial charge in [-0.1, -0.05) is 11.6 Å². The van der Waals surface area contributed by atoms with E-state index in [0.29, 0.717) is 6.54 Å². The van der Waals surface area contributed by atoms with Gasteiger partial charge in [0.15, 0.2) is 0 Å². The Balaban J connectivity index is 1.52. The molecule has 4 nitrogen and oxygen atoms in total. The van der Waals surface area contributed by atoms with Crippen LogP contribution in [0.3, 0.4) is 0 Å². The van der Waals surface area contributed by atoms with Gasteiger partial charge in [0.1, 0.15) is 12.3 Å². The van der Waals surface area contributed by atoms with Crippen LogP contribution < -0.4 is 14.5 Å². The molecule has 0 unspecified atom stereocenters. The molecule has 0 saturated carbocycles. The number of halogens is 1. The first-order chi connectivity index (χ1) is 11.7. The van der Waals surface area contributed by atoms with Crippen LogP contribution in [0.15, 0.2) is 48.5 Å². The largest absolute Gasteiger partial charge is 0.497 e. The minimum atomic E-state index is 0.188. The molecule has 0 atom stereocenters. The number of piperazine rings is 1. The fourth-order valence-corrected chi connectivity index (χ4v) is 3.14. The van der Waals surface area contributed by atoms with Crippen molar-refractivity contribution in [2.45, 2.75) is 0 Å². The molecule has 1 heterocycles. The topological polar surface area (TPSA) is 34.0 Å². The Kier molecular flexibility index (Phi) is 5.38. The average molecular weight is 346 g/mol. The van der Waals surface area contributed by atoms with Crippen molar-refractivity contribution in [3.05, 3.63) is 59.1 Å². The number of nitrogens with zero attached hydrogens (tertiary/aromatic N) is 1. The molecule has 1 aliphatic rings. The Bertz CT molecular complexity index is 678. The van der Waals surface area contributed by atoms with E-state index in [9.17, 15) is 4.79 Å². The normalized spacial score (nSPS) is 15.3. The van der Waals surface area contributed by atoms with Crippen LogP contribution in [0.1, 0.15) is 10.4 Å². The van der Waals surface area contributed by atoms with Crippen LogP contribution in [0.2, 0.25) is 5.02 Å². The third-order valence-electron chi connectivity index (χ3n) is 4.48. The minimum absolute atomic E-state index is 0.188. The SMILES string of the molecule is COc1ccc(C(=O)C[NH+]2CCN(c3ccc(Cl)cc3)CC2)cc1. The zero-order chi connectivity index (χ0) is 16.9. The number of nitrogens with one attached hydrogen (secondary N) is 1. The molecule has 0 aliphatic carbocycles. The number of anilines is 1. The average Bonchev–Trinajstić information content (AvgIpc) is 2.63. The highest BCUT2D eigenvalue weighted by Gasteiger charge is 2.22. The summed E-state index contributed by atoms with van der Waals surface area (Å²) in [6, 6.07) is 15.3. The Labute approximate surface area is 147 Å². The van der Waals surface area contributed by atoms with Crippen LogP contribution in [0.4, 0.5) is 5.69 Å². The molecule has 2 aromatic rings. The molecule has 1 fully saturated rings. The summed E-state index contributed by atoms with van der Waals surface area (Å²) >= 11 is 5.94. The van der Waals surface area contributed by atoms with Crippen molar-refractivity contribution in [3.8, 4) is 5.75 Å². The van der Waals surface area contributed by atoms with E-state index in [-0.39, 0.29) is 5.78 Å². The smallest absolute Gasteiger partial charge is 0.216 e. The number of ether oxygens (including phenoxy) is 1. The van der Waals surface area contributed by atoms with Crippen LogP contribution in [0.5, 0.6) is 5.75 Å². The zero-order valence-corrected chi connectivity index (χ0v) is 14.6. The summed E-state index contributed by atoms with van der Waals surface area (Å²) in [6.07, 6.45) is 0. The molecular weight excluding hydrogens is 324 g/mol. The van der Waals surface area contributed by atoms with Gasteiger partial charge in [-0.3, -0.25) is 4.79 Å². The van der Waals surface area contributed by atoms with E-state index >= 15 is 0 Å². The van der Waals surface area contributed by atoms with Gasteiger partial charge in [0, 0.05) is 16.3 Å². The second-order valence-electron chi connectivity index (χ2n) is 6.04. The zero-order valence-electron chi connectivity index (χ0n) is 13.8. The van der Waals surface area contributed by atoms with Crippen molar-refractivity contribution in [2.75, 3.05) is 44.7 Å². The van der Waals surface area contributed by atoms with E-state index in [0.717, 1.165) is 42.5 Å². The molecule has 2 aromatic carbocycles. The summed E-state index contributed by atoms with van der Waals surface area (Å²) in [5, 5.41) is 0.757. The molecule has 0 spiro atoms. The van der Waals surface area contributed by atoms with E-state index in [1.165, 1.54) is 10.6 Å². The number of ketones is 1. The predicted octanol–water partition coefficient (Wildman–Crippen LogP) is 1.94. The Hall–Kier alpha value is -2.04. The lowest BCUT2D eigenvalue weighted by atomic mass is 10.1. The van der Waals surface area contributed by atoms with E-state index in [4.69, 9.17) is 16.3 Å². The van der Waals surface area contributed by atoms with Gasteiger partial charge in [-0.05, 0) is 48.5 Å². The molecule has 3 rings (SSSR count). The Morgan fingerprint density at radius 3 is 2.29 bits per heavy atom. The summed E-state index contributed by atoms with van der Waals surface area (Å²) in [6.45, 7) is 4.37. The van der Waals surface area contributed by atoms with E-state index < -0.39 is 0 Å². The van der Waals surface area contributed by atoms with Crippen molar-refractivity contribution in [3.63, 3.8) is 0 Å². The van der Waals surface area contributed by atoms with Crippen molar-refractivity contribution < 1.29 is 14.4 Å². The minimum Gasteiger partial charge on any atom is -0.497 e. The molecule has 5 heteroatoms. The summed E-state index contributed by atoms with van der Waals surface area (Å²) in [5.41, 5.74) is 1.95. The number of benzene rings is 2. The molecule has 1 saturated heterocycles. The van der Waals surface area contributed by atoms with E-state index in [1.807, 2.05) is 36.4 Å². The number of carbonyl (C=O) groups excluding carboxylic acids is 1. The van der Waals surface area contributed by atoms with Crippen molar-refractivity contribution in [1.82, 2.24) is 0 Å². The second-order valence-corrected chi connectivity index (χ2v) is 6.48. The van der Waals surface area contributed by atoms with Gasteiger partial charge in [-0.15, -0.1) is 0 Å². The third kappa shape index (κ3) is 4.08. The lowest BCUT2D eigenvalue weighted by Crippen LogP contribution is -3.15. The quantitative estimate of drug-likeness (QED) is 0.841. The van der Waals surface area contributed by atoms with Gasteiger partial charge < -0.3 is 14.5 Å². The van der Waals surface area contributed by atoms with E-state index in [1.54, 1.807) is 7.11 Å². The Morgan fingerprint density at radius 1 is 1.08 bits per heavy atom. The number of hydrogen-bond donors (Lipinski definition) is 1. The number of carbonyl (C=O) groups is 1. The van der Waals surface area contributed by atoms with Crippen molar-refractivity contribution in [2.24, 2.45) is 0 Å². The number of rotatable bonds is 5. The van der Waals surface area contributed by atoms with Gasteiger partial charge in [0.2, 0.25) is 5.78 Å². The van der Waals surface area contributed by atoms with Crippen LogP contribution in [0, 0.1) is 0 Å². The lowest BCUT2D eigenvalue weighted by molar-refractivity contribution is -0.892. The molecule has 0 aromatic heterocycles. The number of Topliss-reactive ketones (excluding diaryl/α,β-unsaturated/α-hetero) is 1. The maximum absolute atomic E-state index is 12.4.